The minimum absolute atomic E-state index is 0.125. The molecule has 4 rings (SSSR count). The Labute approximate surface area is 192 Å². The summed E-state index contributed by atoms with van der Waals surface area (Å²) in [4.78, 5) is 49.2. The molecule has 9 nitrogen and oxygen atoms in total. The first-order valence-electron chi connectivity index (χ1n) is 9.68. The average molecular weight is 466 g/mol. The number of furan rings is 1. The van der Waals surface area contributed by atoms with E-state index < -0.39 is 22.8 Å². The van der Waals surface area contributed by atoms with Gasteiger partial charge in [-0.05, 0) is 61.4 Å². The van der Waals surface area contributed by atoms with E-state index >= 15 is 0 Å². The number of nitro benzene ring substituents is 1. The predicted molar refractivity (Wildman–Crippen MR) is 121 cm³/mol. The highest BCUT2D eigenvalue weighted by molar-refractivity contribution is 6.39. The number of imide groups is 2. The molecule has 0 radical (unpaired) electrons. The van der Waals surface area contributed by atoms with Crippen molar-refractivity contribution in [3.05, 3.63) is 86.1 Å². The Bertz CT molecular complexity index is 1370. The molecule has 0 spiro atoms. The van der Waals surface area contributed by atoms with Crippen LogP contribution in [0.25, 0.3) is 17.4 Å². The van der Waals surface area contributed by atoms with Crippen LogP contribution in [0, 0.1) is 24.0 Å². The molecule has 2 heterocycles. The number of anilines is 1. The highest BCUT2D eigenvalue weighted by Gasteiger charge is 2.37. The number of hydrogen-bond acceptors (Lipinski definition) is 6. The third-order valence-corrected chi connectivity index (χ3v) is 5.52. The van der Waals surface area contributed by atoms with E-state index in [1.807, 2.05) is 13.8 Å². The van der Waals surface area contributed by atoms with Gasteiger partial charge >= 0.3 is 6.03 Å². The van der Waals surface area contributed by atoms with Crippen LogP contribution >= 0.6 is 11.6 Å². The molecule has 0 atom stereocenters. The van der Waals surface area contributed by atoms with Crippen molar-refractivity contribution in [2.75, 3.05) is 4.90 Å². The molecular formula is C23H16ClN3O6. The molecule has 0 saturated carbocycles. The first kappa shape index (κ1) is 22.0. The zero-order chi connectivity index (χ0) is 23.9. The van der Waals surface area contributed by atoms with E-state index in [4.69, 9.17) is 16.0 Å². The van der Waals surface area contributed by atoms with Gasteiger partial charge in [0.15, 0.2) is 0 Å². The maximum atomic E-state index is 13.0. The molecule has 0 aliphatic carbocycles. The van der Waals surface area contributed by atoms with Gasteiger partial charge in [0.25, 0.3) is 17.5 Å². The number of rotatable bonds is 4. The zero-order valence-electron chi connectivity index (χ0n) is 17.4. The summed E-state index contributed by atoms with van der Waals surface area (Å²) in [5.74, 6) is -1.34. The molecule has 10 heteroatoms. The van der Waals surface area contributed by atoms with Crippen LogP contribution in [0.2, 0.25) is 5.02 Å². The lowest BCUT2D eigenvalue weighted by Gasteiger charge is -2.26. The number of nitrogens with one attached hydrogen (secondary N) is 1. The molecule has 1 aliphatic heterocycles. The molecule has 1 N–H and O–H groups in total. The minimum atomic E-state index is -0.864. The summed E-state index contributed by atoms with van der Waals surface area (Å²) in [5, 5.41) is 13.4. The van der Waals surface area contributed by atoms with Gasteiger partial charge < -0.3 is 4.42 Å². The summed E-state index contributed by atoms with van der Waals surface area (Å²) in [6, 6.07) is 11.1. The summed E-state index contributed by atoms with van der Waals surface area (Å²) in [6.07, 6.45) is 1.20. The smallest absolute Gasteiger partial charge is 0.335 e. The maximum absolute atomic E-state index is 13.0. The SMILES string of the molecule is Cc1ccc(N2C(=O)NC(=O)/C(=C\c3ccc(-c4cc([N+](=O)[O-])ccc4Cl)o3)C2=O)cc1C. The topological polar surface area (TPSA) is 123 Å². The van der Waals surface area contributed by atoms with Gasteiger partial charge in [-0.3, -0.25) is 25.0 Å². The van der Waals surface area contributed by atoms with E-state index in [1.165, 1.54) is 36.4 Å². The fourth-order valence-electron chi connectivity index (χ4n) is 3.29. The van der Waals surface area contributed by atoms with Gasteiger partial charge in [-0.2, -0.15) is 0 Å². The number of halogens is 1. The van der Waals surface area contributed by atoms with E-state index in [-0.39, 0.29) is 33.4 Å². The van der Waals surface area contributed by atoms with E-state index in [2.05, 4.69) is 5.32 Å². The summed E-state index contributed by atoms with van der Waals surface area (Å²) >= 11 is 6.15. The highest BCUT2D eigenvalue weighted by atomic mass is 35.5. The fraction of sp³-hybridized carbons (Fsp3) is 0.0870. The molecule has 166 valence electrons. The number of benzene rings is 2. The van der Waals surface area contributed by atoms with Crippen LogP contribution in [0.1, 0.15) is 16.9 Å². The number of urea groups is 1. The minimum Gasteiger partial charge on any atom is -0.457 e. The Kier molecular flexibility index (Phi) is 5.57. The van der Waals surface area contributed by atoms with Crippen LogP contribution in [0.3, 0.4) is 0 Å². The van der Waals surface area contributed by atoms with Gasteiger partial charge in [0.2, 0.25) is 0 Å². The lowest BCUT2D eigenvalue weighted by atomic mass is 10.1. The number of carbonyl (C=O) groups excluding carboxylic acids is 3. The lowest BCUT2D eigenvalue weighted by molar-refractivity contribution is -0.384. The summed E-state index contributed by atoms with van der Waals surface area (Å²) in [7, 11) is 0. The highest BCUT2D eigenvalue weighted by Crippen LogP contribution is 2.33. The van der Waals surface area contributed by atoms with E-state index in [1.54, 1.807) is 18.2 Å². The largest absolute Gasteiger partial charge is 0.457 e. The predicted octanol–water partition coefficient (Wildman–Crippen LogP) is 4.79. The van der Waals surface area contributed by atoms with Crippen LogP contribution in [0.4, 0.5) is 16.2 Å². The summed E-state index contributed by atoms with van der Waals surface area (Å²) < 4.78 is 5.67. The van der Waals surface area contributed by atoms with Crippen molar-refractivity contribution in [2.45, 2.75) is 13.8 Å². The molecule has 33 heavy (non-hydrogen) atoms. The van der Waals surface area contributed by atoms with Crippen molar-refractivity contribution in [2.24, 2.45) is 0 Å². The molecule has 2 aromatic carbocycles. The normalized spacial score (nSPS) is 15.2. The van der Waals surface area contributed by atoms with Gasteiger partial charge in [-0.25, -0.2) is 9.69 Å². The Morgan fingerprint density at radius 3 is 2.48 bits per heavy atom. The molecular weight excluding hydrogens is 450 g/mol. The number of amides is 4. The van der Waals surface area contributed by atoms with Gasteiger partial charge in [-0.15, -0.1) is 0 Å². The van der Waals surface area contributed by atoms with Gasteiger partial charge in [-0.1, -0.05) is 17.7 Å². The molecule has 3 aromatic rings. The van der Waals surface area contributed by atoms with Crippen LogP contribution in [-0.4, -0.2) is 22.8 Å². The van der Waals surface area contributed by atoms with Crippen LogP contribution in [0.15, 0.2) is 58.5 Å². The van der Waals surface area contributed by atoms with Crippen molar-refractivity contribution >= 4 is 46.9 Å². The summed E-state index contributed by atoms with van der Waals surface area (Å²) in [5.41, 5.74) is 1.98. The van der Waals surface area contributed by atoms with Gasteiger partial charge in [0, 0.05) is 17.7 Å². The number of nitro groups is 1. The monoisotopic (exact) mass is 465 g/mol. The number of nitrogens with zero attached hydrogens (tertiary/aromatic N) is 2. The number of hydrogen-bond donors (Lipinski definition) is 1. The number of barbiturate groups is 1. The lowest BCUT2D eigenvalue weighted by Crippen LogP contribution is -2.54. The molecule has 0 bridgehead atoms. The van der Waals surface area contributed by atoms with Crippen molar-refractivity contribution in [1.82, 2.24) is 5.32 Å². The van der Waals surface area contributed by atoms with E-state index in [0.29, 0.717) is 5.69 Å². The van der Waals surface area contributed by atoms with E-state index in [0.717, 1.165) is 16.0 Å². The number of non-ortho nitro benzene ring substituents is 1. The number of aryl methyl sites for hydroxylation is 2. The first-order valence-corrected chi connectivity index (χ1v) is 10.1. The second-order valence-corrected chi connectivity index (χ2v) is 7.76. The Morgan fingerprint density at radius 2 is 1.79 bits per heavy atom. The first-order chi connectivity index (χ1) is 15.7. The zero-order valence-corrected chi connectivity index (χ0v) is 18.2. The van der Waals surface area contributed by atoms with Crippen molar-refractivity contribution in [1.29, 1.82) is 0 Å². The molecule has 4 amide bonds. The van der Waals surface area contributed by atoms with Crippen LogP contribution < -0.4 is 10.2 Å². The standard InChI is InChI=1S/C23H16ClN3O6/c1-12-3-4-14(9-13(12)2)26-22(29)18(21(28)25-23(26)30)11-16-6-8-20(33-16)17-10-15(27(31)32)5-7-19(17)24/h3-11H,1-2H3,(H,25,28,30)/b18-11+. The average Bonchev–Trinajstić information content (AvgIpc) is 3.22. The Morgan fingerprint density at radius 1 is 1.03 bits per heavy atom. The second kappa shape index (κ2) is 8.36. The Balaban J connectivity index is 1.70. The molecule has 1 fully saturated rings. The van der Waals surface area contributed by atoms with Crippen molar-refractivity contribution in [3.8, 4) is 11.3 Å². The third-order valence-electron chi connectivity index (χ3n) is 5.19. The molecule has 1 saturated heterocycles. The van der Waals surface area contributed by atoms with Gasteiger partial charge in [0.1, 0.15) is 17.1 Å². The van der Waals surface area contributed by atoms with E-state index in [9.17, 15) is 24.5 Å². The number of carbonyl (C=O) groups is 3. The third kappa shape index (κ3) is 4.13. The van der Waals surface area contributed by atoms with Crippen molar-refractivity contribution < 1.29 is 23.7 Å². The van der Waals surface area contributed by atoms with Crippen LogP contribution in [0.5, 0.6) is 0 Å². The second-order valence-electron chi connectivity index (χ2n) is 7.35. The fourth-order valence-corrected chi connectivity index (χ4v) is 3.50. The van der Waals surface area contributed by atoms with Crippen LogP contribution in [-0.2, 0) is 9.59 Å². The van der Waals surface area contributed by atoms with Gasteiger partial charge in [0.05, 0.1) is 15.6 Å². The Hall–Kier alpha value is -4.24. The quantitative estimate of drug-likeness (QED) is 0.256. The summed E-state index contributed by atoms with van der Waals surface area (Å²) in [6.45, 7) is 3.74. The molecule has 0 unspecified atom stereocenters. The molecule has 1 aliphatic rings. The molecule has 1 aromatic heterocycles. The maximum Gasteiger partial charge on any atom is 0.335 e. The van der Waals surface area contributed by atoms with Crippen molar-refractivity contribution in [3.63, 3.8) is 0 Å².